The molecule has 1 saturated heterocycles. The van der Waals surface area contributed by atoms with Gasteiger partial charge in [-0.3, -0.25) is 4.79 Å². The number of nitrogens with zero attached hydrogens (tertiary/aromatic N) is 2. The number of hydrogen-bond acceptors (Lipinski definition) is 6. The normalized spacial score (nSPS) is 15.4. The highest BCUT2D eigenvalue weighted by Crippen LogP contribution is 2.37. The molecule has 7 nitrogen and oxygen atoms in total. The maximum Gasteiger partial charge on any atom is 0.254 e. The Labute approximate surface area is 192 Å². The van der Waals surface area contributed by atoms with Crippen molar-refractivity contribution in [3.05, 3.63) is 39.7 Å². The number of piperazine rings is 1. The lowest BCUT2D eigenvalue weighted by molar-refractivity contribution is 0.0697. The first-order chi connectivity index (χ1) is 14.6. The van der Waals surface area contributed by atoms with Crippen LogP contribution in [0.5, 0.6) is 11.5 Å². The predicted molar refractivity (Wildman–Crippen MR) is 122 cm³/mol. The molecule has 0 unspecified atom stereocenters. The number of aryl methyl sites for hydroxylation is 1. The average Bonchev–Trinajstić information content (AvgIpc) is 3.19. The molecular formula is C21H27ClN2O5S2. The molecule has 31 heavy (non-hydrogen) atoms. The Morgan fingerprint density at radius 3 is 2.42 bits per heavy atom. The first kappa shape index (κ1) is 23.8. The monoisotopic (exact) mass is 486 g/mol. The van der Waals surface area contributed by atoms with Crippen molar-refractivity contribution >= 4 is 38.9 Å². The molecule has 2 aromatic rings. The minimum atomic E-state index is -3.54. The lowest BCUT2D eigenvalue weighted by atomic mass is 10.1. The van der Waals surface area contributed by atoms with Crippen LogP contribution in [0.2, 0.25) is 5.02 Å². The summed E-state index contributed by atoms with van der Waals surface area (Å²) in [6.45, 7) is 7.48. The van der Waals surface area contributed by atoms with Gasteiger partial charge in [0.2, 0.25) is 0 Å². The number of methoxy groups -OCH3 is 1. The summed E-state index contributed by atoms with van der Waals surface area (Å²) in [5, 5.41) is 0.303. The second-order valence-electron chi connectivity index (χ2n) is 7.76. The van der Waals surface area contributed by atoms with Crippen molar-refractivity contribution < 1.29 is 22.7 Å². The molecule has 0 saturated carbocycles. The number of hydrogen-bond donors (Lipinski definition) is 0. The molecule has 0 aliphatic carbocycles. The van der Waals surface area contributed by atoms with Crippen LogP contribution >= 0.6 is 22.9 Å². The van der Waals surface area contributed by atoms with Gasteiger partial charge in [-0.25, -0.2) is 8.42 Å². The fourth-order valence-corrected chi connectivity index (χ4v) is 6.35. The number of halogens is 1. The maximum atomic E-state index is 13.0. The summed E-state index contributed by atoms with van der Waals surface area (Å²) in [5.41, 5.74) is 0.379. The summed E-state index contributed by atoms with van der Waals surface area (Å²) in [7, 11) is -2.04. The molecule has 0 radical (unpaired) electrons. The fourth-order valence-electron chi connectivity index (χ4n) is 3.23. The Balaban J connectivity index is 1.71. The summed E-state index contributed by atoms with van der Waals surface area (Å²) in [4.78, 5) is 15.6. The quantitative estimate of drug-likeness (QED) is 0.593. The molecule has 10 heteroatoms. The second kappa shape index (κ2) is 9.77. The summed E-state index contributed by atoms with van der Waals surface area (Å²) in [6, 6.07) is 6.61. The first-order valence-corrected chi connectivity index (χ1v) is 12.6. The van der Waals surface area contributed by atoms with Gasteiger partial charge in [0, 0.05) is 36.6 Å². The standard InChI is InChI=1S/C21H27ClN2O5S2/c1-14(2)13-29-20-17(22)11-16(12-18(20)28-4)21(25)23-7-9-24(10-8-23)31(26,27)19-6-5-15(3)30-19/h5-6,11-12,14H,7-10,13H2,1-4H3. The third-order valence-corrected chi connectivity index (χ3v) is 8.52. The minimum Gasteiger partial charge on any atom is -0.493 e. The van der Waals surface area contributed by atoms with Gasteiger partial charge < -0.3 is 14.4 Å². The number of thiophene rings is 1. The van der Waals surface area contributed by atoms with E-state index in [2.05, 4.69) is 0 Å². The molecule has 0 N–H and O–H groups in total. The van der Waals surface area contributed by atoms with Crippen LogP contribution in [0.25, 0.3) is 0 Å². The summed E-state index contributed by atoms with van der Waals surface area (Å²) in [5.74, 6) is 0.898. The van der Waals surface area contributed by atoms with Gasteiger partial charge >= 0.3 is 0 Å². The van der Waals surface area contributed by atoms with E-state index in [9.17, 15) is 13.2 Å². The van der Waals surface area contributed by atoms with Crippen LogP contribution in [-0.4, -0.2) is 63.4 Å². The van der Waals surface area contributed by atoms with Crippen LogP contribution in [-0.2, 0) is 10.0 Å². The van der Waals surface area contributed by atoms with Gasteiger partial charge in [0.1, 0.15) is 4.21 Å². The van der Waals surface area contributed by atoms with Crippen molar-refractivity contribution in [2.45, 2.75) is 25.0 Å². The Hall–Kier alpha value is -1.81. The molecule has 170 valence electrons. The Morgan fingerprint density at radius 2 is 1.87 bits per heavy atom. The number of ether oxygens (including phenoxy) is 2. The van der Waals surface area contributed by atoms with Crippen LogP contribution in [0, 0.1) is 12.8 Å². The van der Waals surface area contributed by atoms with Crippen molar-refractivity contribution in [3.63, 3.8) is 0 Å². The molecule has 1 aliphatic heterocycles. The molecule has 1 aromatic carbocycles. The predicted octanol–water partition coefficient (Wildman–Crippen LogP) is 3.90. The number of carbonyl (C=O) groups is 1. The topological polar surface area (TPSA) is 76.2 Å². The van der Waals surface area contributed by atoms with Gasteiger partial charge in [-0.15, -0.1) is 11.3 Å². The van der Waals surface area contributed by atoms with Gasteiger partial charge in [-0.1, -0.05) is 25.4 Å². The van der Waals surface area contributed by atoms with Crippen molar-refractivity contribution in [3.8, 4) is 11.5 Å². The van der Waals surface area contributed by atoms with Crippen LogP contribution in [0.1, 0.15) is 29.1 Å². The molecule has 1 amide bonds. The lowest BCUT2D eigenvalue weighted by Gasteiger charge is -2.33. The zero-order valence-corrected chi connectivity index (χ0v) is 20.4. The van der Waals surface area contributed by atoms with Crippen LogP contribution in [0.3, 0.4) is 0 Å². The zero-order valence-electron chi connectivity index (χ0n) is 18.1. The van der Waals surface area contributed by atoms with Gasteiger partial charge in [0.15, 0.2) is 11.5 Å². The minimum absolute atomic E-state index is 0.223. The molecule has 1 fully saturated rings. The second-order valence-corrected chi connectivity index (χ2v) is 11.6. The van der Waals surface area contributed by atoms with Crippen molar-refractivity contribution in [2.75, 3.05) is 39.9 Å². The fraction of sp³-hybridized carbons (Fsp3) is 0.476. The van der Waals surface area contributed by atoms with E-state index in [0.29, 0.717) is 51.9 Å². The number of amides is 1. The SMILES string of the molecule is COc1cc(C(=O)N2CCN(S(=O)(=O)c3ccc(C)s3)CC2)cc(Cl)c1OCC(C)C. The molecule has 1 aromatic heterocycles. The number of sulfonamides is 1. The first-order valence-electron chi connectivity index (χ1n) is 9.99. The van der Waals surface area contributed by atoms with Crippen LogP contribution in [0.4, 0.5) is 0 Å². The van der Waals surface area contributed by atoms with Gasteiger partial charge in [0.25, 0.3) is 15.9 Å². The Bertz CT molecular complexity index is 1040. The average molecular weight is 487 g/mol. The number of carbonyl (C=O) groups excluding carboxylic acids is 1. The van der Waals surface area contributed by atoms with Crippen molar-refractivity contribution in [1.29, 1.82) is 0 Å². The molecule has 0 atom stereocenters. The van der Waals surface area contributed by atoms with E-state index in [-0.39, 0.29) is 19.0 Å². The highest BCUT2D eigenvalue weighted by Gasteiger charge is 2.31. The van der Waals surface area contributed by atoms with Crippen molar-refractivity contribution in [1.82, 2.24) is 9.21 Å². The molecular weight excluding hydrogens is 460 g/mol. The van der Waals surface area contributed by atoms with E-state index in [4.69, 9.17) is 21.1 Å². The lowest BCUT2D eigenvalue weighted by Crippen LogP contribution is -2.50. The van der Waals surface area contributed by atoms with Crippen LogP contribution < -0.4 is 9.47 Å². The number of rotatable bonds is 7. The van der Waals surface area contributed by atoms with E-state index in [1.807, 2.05) is 20.8 Å². The van der Waals surface area contributed by atoms with E-state index in [1.54, 1.807) is 29.2 Å². The molecule has 0 bridgehead atoms. The Kier molecular flexibility index (Phi) is 7.51. The van der Waals surface area contributed by atoms with Crippen molar-refractivity contribution in [2.24, 2.45) is 5.92 Å². The maximum absolute atomic E-state index is 13.0. The van der Waals surface area contributed by atoms with Gasteiger partial charge in [-0.05, 0) is 37.1 Å². The molecule has 0 spiro atoms. The van der Waals surface area contributed by atoms with E-state index >= 15 is 0 Å². The third-order valence-electron chi connectivity index (χ3n) is 4.87. The molecule has 3 rings (SSSR count). The third kappa shape index (κ3) is 5.34. The summed E-state index contributed by atoms with van der Waals surface area (Å²) in [6.07, 6.45) is 0. The Morgan fingerprint density at radius 1 is 1.19 bits per heavy atom. The summed E-state index contributed by atoms with van der Waals surface area (Å²) < 4.78 is 38.5. The van der Waals surface area contributed by atoms with Crippen LogP contribution in [0.15, 0.2) is 28.5 Å². The van der Waals surface area contributed by atoms with Gasteiger partial charge in [0.05, 0.1) is 18.7 Å². The van der Waals surface area contributed by atoms with E-state index in [0.717, 1.165) is 4.88 Å². The highest BCUT2D eigenvalue weighted by molar-refractivity contribution is 7.91. The largest absolute Gasteiger partial charge is 0.493 e. The smallest absolute Gasteiger partial charge is 0.254 e. The summed E-state index contributed by atoms with van der Waals surface area (Å²) >= 11 is 7.62. The molecule has 1 aliphatic rings. The number of benzene rings is 1. The van der Waals surface area contributed by atoms with E-state index in [1.165, 1.54) is 22.8 Å². The van der Waals surface area contributed by atoms with Gasteiger partial charge in [-0.2, -0.15) is 4.31 Å². The zero-order chi connectivity index (χ0) is 22.8. The highest BCUT2D eigenvalue weighted by atomic mass is 35.5. The van der Waals surface area contributed by atoms with E-state index < -0.39 is 10.0 Å². The molecule has 2 heterocycles.